The van der Waals surface area contributed by atoms with Crippen LogP contribution in [0.4, 0.5) is 0 Å². The number of hydrogen-bond acceptors (Lipinski definition) is 6. The highest BCUT2D eigenvalue weighted by molar-refractivity contribution is 5.72. The van der Waals surface area contributed by atoms with Crippen molar-refractivity contribution in [3.05, 3.63) is 72.9 Å². The molecule has 1 atom stereocenters. The molecule has 0 bridgehead atoms. The summed E-state index contributed by atoms with van der Waals surface area (Å²) in [7, 11) is 0. The fourth-order valence-electron chi connectivity index (χ4n) is 9.93. The topological polar surface area (TPSA) is 78.9 Å². The lowest BCUT2D eigenvalue weighted by Crippen LogP contribution is -2.30. The summed E-state index contributed by atoms with van der Waals surface area (Å²) in [6.07, 6.45) is 86.8. The molecule has 452 valence electrons. The zero-order chi connectivity index (χ0) is 56.4. The van der Waals surface area contributed by atoms with Gasteiger partial charge in [0.15, 0.2) is 6.10 Å². The third-order valence-corrected chi connectivity index (χ3v) is 15.0. The van der Waals surface area contributed by atoms with Crippen molar-refractivity contribution in [2.75, 3.05) is 13.2 Å². The monoisotopic (exact) mass is 1090 g/mol. The molecule has 0 saturated heterocycles. The van der Waals surface area contributed by atoms with Crippen LogP contribution in [0, 0.1) is 0 Å². The van der Waals surface area contributed by atoms with E-state index in [9.17, 15) is 14.4 Å². The van der Waals surface area contributed by atoms with E-state index >= 15 is 0 Å². The number of hydrogen-bond donors (Lipinski definition) is 0. The maximum Gasteiger partial charge on any atom is 0.310 e. The summed E-state index contributed by atoms with van der Waals surface area (Å²) in [5, 5.41) is 0. The molecule has 0 N–H and O–H groups in total. The number of unbranched alkanes of at least 4 members (excludes halogenated alkanes) is 40. The van der Waals surface area contributed by atoms with Crippen LogP contribution in [-0.2, 0) is 28.6 Å². The van der Waals surface area contributed by atoms with E-state index in [0.717, 1.165) is 70.6 Å². The molecule has 0 fully saturated rings. The highest BCUT2D eigenvalue weighted by Crippen LogP contribution is 2.18. The van der Waals surface area contributed by atoms with Crippen LogP contribution in [0.15, 0.2) is 72.9 Å². The molecule has 0 aliphatic heterocycles. The van der Waals surface area contributed by atoms with E-state index in [2.05, 4.69) is 81.5 Å². The van der Waals surface area contributed by atoms with E-state index in [4.69, 9.17) is 14.2 Å². The molecule has 0 aliphatic rings. The van der Waals surface area contributed by atoms with E-state index in [1.807, 2.05) is 6.08 Å². The maximum absolute atomic E-state index is 12.8. The molecular formula is C72H128O6. The van der Waals surface area contributed by atoms with Crippen LogP contribution in [0.1, 0.15) is 348 Å². The first-order valence-corrected chi connectivity index (χ1v) is 33.9. The minimum absolute atomic E-state index is 0.101. The summed E-state index contributed by atoms with van der Waals surface area (Å²) in [6.45, 7) is 6.49. The average molecular weight is 1090 g/mol. The Balaban J connectivity index is 4.20. The van der Waals surface area contributed by atoms with Gasteiger partial charge in [0.25, 0.3) is 0 Å². The van der Waals surface area contributed by atoms with Crippen molar-refractivity contribution in [1.82, 2.24) is 0 Å². The molecule has 0 heterocycles. The minimum atomic E-state index is -0.828. The van der Waals surface area contributed by atoms with Gasteiger partial charge in [-0.1, -0.05) is 331 Å². The molecule has 78 heavy (non-hydrogen) atoms. The van der Waals surface area contributed by atoms with Crippen LogP contribution < -0.4 is 0 Å². The molecule has 6 heteroatoms. The van der Waals surface area contributed by atoms with Gasteiger partial charge in [-0.2, -0.15) is 0 Å². The summed E-state index contributed by atoms with van der Waals surface area (Å²) >= 11 is 0. The van der Waals surface area contributed by atoms with Crippen LogP contribution in [0.2, 0.25) is 0 Å². The van der Waals surface area contributed by atoms with Crippen LogP contribution in [0.5, 0.6) is 0 Å². The van der Waals surface area contributed by atoms with E-state index in [0.29, 0.717) is 12.8 Å². The summed E-state index contributed by atoms with van der Waals surface area (Å²) in [6, 6.07) is 0. The fraction of sp³-hybridized carbons (Fsp3) is 0.792. The minimum Gasteiger partial charge on any atom is -0.462 e. The van der Waals surface area contributed by atoms with Gasteiger partial charge >= 0.3 is 17.9 Å². The summed E-state index contributed by atoms with van der Waals surface area (Å²) < 4.78 is 16.8. The van der Waals surface area contributed by atoms with Crippen LogP contribution >= 0.6 is 0 Å². The fourth-order valence-corrected chi connectivity index (χ4v) is 9.93. The maximum atomic E-state index is 12.8. The second kappa shape index (κ2) is 66.4. The number of carbonyl (C=O) groups excluding carboxylic acids is 3. The Hall–Kier alpha value is -3.15. The Bertz CT molecular complexity index is 1440. The molecule has 0 saturated carbocycles. The average Bonchev–Trinajstić information content (AvgIpc) is 3.44. The van der Waals surface area contributed by atoms with Crippen molar-refractivity contribution in [1.29, 1.82) is 0 Å². The lowest BCUT2D eigenvalue weighted by Gasteiger charge is -2.18. The Morgan fingerprint density at radius 3 is 0.833 bits per heavy atom. The van der Waals surface area contributed by atoms with Crippen LogP contribution in [0.3, 0.4) is 0 Å². The van der Waals surface area contributed by atoms with E-state index < -0.39 is 12.1 Å². The molecule has 1 unspecified atom stereocenters. The normalized spacial score (nSPS) is 12.5. The van der Waals surface area contributed by atoms with Gasteiger partial charge in [-0.05, 0) is 70.6 Å². The summed E-state index contributed by atoms with van der Waals surface area (Å²) in [5.74, 6) is -1.02. The van der Waals surface area contributed by atoms with Crippen molar-refractivity contribution in [2.24, 2.45) is 0 Å². The van der Waals surface area contributed by atoms with Gasteiger partial charge < -0.3 is 14.2 Å². The van der Waals surface area contributed by atoms with Gasteiger partial charge in [-0.25, -0.2) is 0 Å². The quantitative estimate of drug-likeness (QED) is 0.0261. The number of carbonyl (C=O) groups is 3. The number of esters is 3. The summed E-state index contributed by atoms with van der Waals surface area (Å²) in [4.78, 5) is 38.2. The first-order valence-electron chi connectivity index (χ1n) is 33.9. The van der Waals surface area contributed by atoms with Crippen molar-refractivity contribution in [2.45, 2.75) is 354 Å². The largest absolute Gasteiger partial charge is 0.462 e. The van der Waals surface area contributed by atoms with Gasteiger partial charge in [-0.3, -0.25) is 14.4 Å². The van der Waals surface area contributed by atoms with E-state index in [1.54, 1.807) is 6.08 Å². The second-order valence-corrected chi connectivity index (χ2v) is 22.7. The van der Waals surface area contributed by atoms with Gasteiger partial charge in [0.05, 0.1) is 6.42 Å². The summed E-state index contributed by atoms with van der Waals surface area (Å²) in [5.41, 5.74) is 0. The predicted octanol–water partition coefficient (Wildman–Crippen LogP) is 23.3. The third kappa shape index (κ3) is 63.7. The van der Waals surface area contributed by atoms with Gasteiger partial charge in [0.1, 0.15) is 13.2 Å². The Morgan fingerprint density at radius 1 is 0.282 bits per heavy atom. The molecule has 0 aliphatic carbocycles. The molecule has 0 amide bonds. The lowest BCUT2D eigenvalue weighted by atomic mass is 10.0. The standard InChI is InChI=1S/C72H128O6/c1-4-7-10-13-16-19-22-25-28-29-30-31-32-33-34-35-36-37-38-39-40-41-42-43-45-47-50-53-56-59-62-65-71(74)77-68-69(67-76-70(73)64-61-58-55-52-49-46-27-24-21-18-15-12-9-6-3)78-72(75)66-63-60-57-54-51-48-44-26-23-20-17-14-11-8-5-2/h8,11,17,20,26,29-30,44,51,54,60,63,69H,4-7,9-10,12-16,18-19,21-25,27-28,31-43,45-50,52-53,55-59,61-62,64-68H2,1-3H3/b11-8-,20-17-,30-29-,44-26-,54-51-,63-60-. The second-order valence-electron chi connectivity index (χ2n) is 22.7. The molecule has 0 aromatic heterocycles. The molecule has 0 spiro atoms. The Morgan fingerprint density at radius 2 is 0.538 bits per heavy atom. The zero-order valence-electron chi connectivity index (χ0n) is 51.9. The first-order chi connectivity index (χ1) is 38.5. The SMILES string of the molecule is CC/C=C\C/C=C\C/C=C\C/C=C\C/C=C\CC(=O)OC(COC(=O)CCCCCCCCCCCCCCCC)COC(=O)CCCCCCCCCCCCCCCCCCCCC/C=C\CCCCCCCCCC. The predicted molar refractivity (Wildman–Crippen MR) is 339 cm³/mol. The van der Waals surface area contributed by atoms with Crippen LogP contribution in [-0.4, -0.2) is 37.2 Å². The Kier molecular flexibility index (Phi) is 63.7. The van der Waals surface area contributed by atoms with Crippen molar-refractivity contribution < 1.29 is 28.6 Å². The molecular weight excluding hydrogens is 961 g/mol. The number of rotatable bonds is 62. The molecule has 6 nitrogen and oxygen atoms in total. The van der Waals surface area contributed by atoms with Crippen LogP contribution in [0.25, 0.3) is 0 Å². The molecule has 0 aromatic rings. The Labute approximate surface area is 484 Å². The first kappa shape index (κ1) is 74.8. The van der Waals surface area contributed by atoms with Gasteiger partial charge in [0.2, 0.25) is 0 Å². The smallest absolute Gasteiger partial charge is 0.310 e. The molecule has 0 rings (SSSR count). The van der Waals surface area contributed by atoms with E-state index in [1.165, 1.54) is 238 Å². The molecule has 0 aromatic carbocycles. The number of allylic oxidation sites excluding steroid dienone is 11. The van der Waals surface area contributed by atoms with Gasteiger partial charge in [0, 0.05) is 12.8 Å². The highest BCUT2D eigenvalue weighted by Gasteiger charge is 2.19. The molecule has 0 radical (unpaired) electrons. The lowest BCUT2D eigenvalue weighted by molar-refractivity contribution is -0.166. The third-order valence-electron chi connectivity index (χ3n) is 15.0. The highest BCUT2D eigenvalue weighted by atomic mass is 16.6. The van der Waals surface area contributed by atoms with Crippen molar-refractivity contribution in [3.63, 3.8) is 0 Å². The van der Waals surface area contributed by atoms with Crippen molar-refractivity contribution >= 4 is 17.9 Å². The van der Waals surface area contributed by atoms with Gasteiger partial charge in [-0.15, -0.1) is 0 Å². The zero-order valence-corrected chi connectivity index (χ0v) is 51.9. The van der Waals surface area contributed by atoms with E-state index in [-0.39, 0.29) is 31.6 Å². The van der Waals surface area contributed by atoms with Crippen molar-refractivity contribution in [3.8, 4) is 0 Å². The number of ether oxygens (including phenoxy) is 3.